The maximum absolute atomic E-state index is 12.8. The molecule has 0 atom stereocenters. The highest BCUT2D eigenvalue weighted by atomic mass is 32.2. The Hall–Kier alpha value is -2.87. The Balaban J connectivity index is 2.24. The molecule has 0 fully saturated rings. The van der Waals surface area contributed by atoms with Crippen molar-refractivity contribution < 1.29 is 18.1 Å². The first-order valence-corrected chi connectivity index (χ1v) is 8.03. The van der Waals surface area contributed by atoms with Crippen LogP contribution < -0.4 is 4.74 Å². The Kier molecular flexibility index (Phi) is 3.53. The Morgan fingerprint density at radius 1 is 1.09 bits per heavy atom. The van der Waals surface area contributed by atoms with Crippen LogP contribution in [-0.2, 0) is 10.0 Å². The van der Waals surface area contributed by atoms with Crippen LogP contribution in [0.3, 0.4) is 0 Å². The fourth-order valence-corrected chi connectivity index (χ4v) is 3.70. The lowest BCUT2D eigenvalue weighted by molar-refractivity contribution is -0.383. The standard InChI is InChI=1S/C15H12N2O5S/c1-22-11-6-8-12(9-7-11)23(20,21)16-10-15(17(18)19)13-4-2-3-5-14(13)16/h2-10H,1H3. The minimum atomic E-state index is -3.95. The van der Waals surface area contributed by atoms with Crippen LogP contribution in [0.5, 0.6) is 5.75 Å². The molecule has 0 aliphatic heterocycles. The van der Waals surface area contributed by atoms with E-state index in [4.69, 9.17) is 4.74 Å². The van der Waals surface area contributed by atoms with Crippen LogP contribution in [-0.4, -0.2) is 24.4 Å². The Labute approximate surface area is 131 Å². The summed E-state index contributed by atoms with van der Waals surface area (Å²) in [5, 5.41) is 11.4. The van der Waals surface area contributed by atoms with Gasteiger partial charge in [-0.15, -0.1) is 0 Å². The minimum Gasteiger partial charge on any atom is -0.497 e. The fraction of sp³-hybridized carbons (Fsp3) is 0.0667. The summed E-state index contributed by atoms with van der Waals surface area (Å²) < 4.78 is 31.5. The van der Waals surface area contributed by atoms with Crippen LogP contribution in [0.15, 0.2) is 59.6 Å². The lowest BCUT2D eigenvalue weighted by atomic mass is 10.2. The van der Waals surface area contributed by atoms with Gasteiger partial charge in [-0.05, 0) is 36.4 Å². The van der Waals surface area contributed by atoms with Crippen molar-refractivity contribution in [3.8, 4) is 5.75 Å². The van der Waals surface area contributed by atoms with Crippen LogP contribution in [0.2, 0.25) is 0 Å². The van der Waals surface area contributed by atoms with Gasteiger partial charge in [-0.1, -0.05) is 12.1 Å². The largest absolute Gasteiger partial charge is 0.497 e. The molecule has 0 N–H and O–H groups in total. The number of aromatic nitrogens is 1. The van der Waals surface area contributed by atoms with E-state index in [1.807, 2.05) is 0 Å². The van der Waals surface area contributed by atoms with Gasteiger partial charge in [-0.2, -0.15) is 0 Å². The van der Waals surface area contributed by atoms with Crippen molar-refractivity contribution in [3.63, 3.8) is 0 Å². The van der Waals surface area contributed by atoms with Crippen LogP contribution in [0.25, 0.3) is 10.9 Å². The molecule has 0 unspecified atom stereocenters. The second-order valence-electron chi connectivity index (χ2n) is 4.76. The van der Waals surface area contributed by atoms with Gasteiger partial charge in [0.25, 0.3) is 15.7 Å². The zero-order valence-corrected chi connectivity index (χ0v) is 12.9. The summed E-state index contributed by atoms with van der Waals surface area (Å²) in [6, 6.07) is 12.1. The van der Waals surface area contributed by atoms with Crippen LogP contribution in [0, 0.1) is 10.1 Å². The number of methoxy groups -OCH3 is 1. The minimum absolute atomic E-state index is 0.0222. The molecule has 118 valence electrons. The second kappa shape index (κ2) is 5.40. The third kappa shape index (κ3) is 2.42. The number of rotatable bonds is 4. The summed E-state index contributed by atoms with van der Waals surface area (Å²) in [6.45, 7) is 0. The van der Waals surface area contributed by atoms with E-state index in [1.54, 1.807) is 12.1 Å². The number of para-hydroxylation sites is 1. The molecule has 0 saturated carbocycles. The van der Waals surface area contributed by atoms with Crippen molar-refractivity contribution >= 4 is 26.6 Å². The van der Waals surface area contributed by atoms with Gasteiger partial charge in [0.05, 0.1) is 34.0 Å². The number of hydrogen-bond acceptors (Lipinski definition) is 5. The Bertz CT molecular complexity index is 990. The molecule has 7 nitrogen and oxygen atoms in total. The quantitative estimate of drug-likeness (QED) is 0.541. The molecule has 3 aromatic rings. The Morgan fingerprint density at radius 2 is 1.74 bits per heavy atom. The predicted molar refractivity (Wildman–Crippen MR) is 84.2 cm³/mol. The van der Waals surface area contributed by atoms with E-state index in [0.29, 0.717) is 5.75 Å². The number of benzene rings is 2. The zero-order valence-electron chi connectivity index (χ0n) is 12.0. The number of ether oxygens (including phenoxy) is 1. The average molecular weight is 332 g/mol. The van der Waals surface area contributed by atoms with E-state index in [0.717, 1.165) is 10.2 Å². The highest BCUT2D eigenvalue weighted by Crippen LogP contribution is 2.31. The second-order valence-corrected chi connectivity index (χ2v) is 6.58. The van der Waals surface area contributed by atoms with E-state index in [1.165, 1.54) is 43.5 Å². The monoisotopic (exact) mass is 332 g/mol. The summed E-state index contributed by atoms with van der Waals surface area (Å²) in [5.74, 6) is 0.521. The first-order valence-electron chi connectivity index (χ1n) is 6.59. The van der Waals surface area contributed by atoms with Crippen molar-refractivity contribution in [1.29, 1.82) is 0 Å². The fourth-order valence-electron chi connectivity index (χ4n) is 2.34. The van der Waals surface area contributed by atoms with Crippen LogP contribution >= 0.6 is 0 Å². The molecule has 0 amide bonds. The molecule has 0 aliphatic carbocycles. The molecular formula is C15H12N2O5S. The third-order valence-corrected chi connectivity index (χ3v) is 5.16. The van der Waals surface area contributed by atoms with E-state index >= 15 is 0 Å². The molecule has 0 spiro atoms. The maximum Gasteiger partial charge on any atom is 0.295 e. The molecule has 0 radical (unpaired) electrons. The van der Waals surface area contributed by atoms with E-state index in [2.05, 4.69) is 0 Å². The molecular weight excluding hydrogens is 320 g/mol. The molecule has 0 aliphatic rings. The highest BCUT2D eigenvalue weighted by molar-refractivity contribution is 7.90. The zero-order chi connectivity index (χ0) is 16.6. The third-order valence-electron chi connectivity index (χ3n) is 3.47. The van der Waals surface area contributed by atoms with Gasteiger partial charge in [-0.25, -0.2) is 12.4 Å². The molecule has 1 heterocycles. The molecule has 1 aromatic heterocycles. The molecule has 3 rings (SSSR count). The predicted octanol–water partition coefficient (Wildman–Crippen LogP) is 2.80. The normalized spacial score (nSPS) is 11.5. The van der Waals surface area contributed by atoms with Gasteiger partial charge >= 0.3 is 0 Å². The highest BCUT2D eigenvalue weighted by Gasteiger charge is 2.25. The van der Waals surface area contributed by atoms with E-state index < -0.39 is 14.9 Å². The van der Waals surface area contributed by atoms with Gasteiger partial charge in [0, 0.05) is 0 Å². The van der Waals surface area contributed by atoms with Gasteiger partial charge in [0.15, 0.2) is 0 Å². The molecule has 0 bridgehead atoms. The van der Waals surface area contributed by atoms with Gasteiger partial charge < -0.3 is 4.74 Å². The van der Waals surface area contributed by atoms with Gasteiger partial charge in [0.2, 0.25) is 0 Å². The van der Waals surface area contributed by atoms with Crippen molar-refractivity contribution in [2.45, 2.75) is 4.90 Å². The smallest absolute Gasteiger partial charge is 0.295 e. The lowest BCUT2D eigenvalue weighted by Gasteiger charge is -2.07. The summed E-state index contributed by atoms with van der Waals surface area (Å²) in [6.07, 6.45) is 1.03. The summed E-state index contributed by atoms with van der Waals surface area (Å²) in [4.78, 5) is 10.6. The van der Waals surface area contributed by atoms with Gasteiger partial charge in [-0.3, -0.25) is 10.1 Å². The van der Waals surface area contributed by atoms with Crippen molar-refractivity contribution in [2.24, 2.45) is 0 Å². The number of nitro groups is 1. The summed E-state index contributed by atoms with van der Waals surface area (Å²) in [7, 11) is -2.47. The number of fused-ring (bicyclic) bond motifs is 1. The molecule has 0 saturated heterocycles. The first kappa shape index (κ1) is 15.0. The number of hydrogen-bond donors (Lipinski definition) is 0. The lowest BCUT2D eigenvalue weighted by Crippen LogP contribution is -2.11. The maximum atomic E-state index is 12.8. The van der Waals surface area contributed by atoms with E-state index in [-0.39, 0.29) is 21.5 Å². The van der Waals surface area contributed by atoms with E-state index in [9.17, 15) is 18.5 Å². The first-order chi connectivity index (χ1) is 10.9. The van der Waals surface area contributed by atoms with Crippen molar-refractivity contribution in [3.05, 3.63) is 64.8 Å². The van der Waals surface area contributed by atoms with Crippen LogP contribution in [0.4, 0.5) is 5.69 Å². The molecule has 2 aromatic carbocycles. The van der Waals surface area contributed by atoms with Crippen LogP contribution in [0.1, 0.15) is 0 Å². The summed E-state index contributed by atoms with van der Waals surface area (Å²) in [5.41, 5.74) is 0.00713. The van der Waals surface area contributed by atoms with Crippen molar-refractivity contribution in [1.82, 2.24) is 3.97 Å². The summed E-state index contributed by atoms with van der Waals surface area (Å²) >= 11 is 0. The molecule has 8 heteroatoms. The van der Waals surface area contributed by atoms with Gasteiger partial charge in [0.1, 0.15) is 5.75 Å². The number of nitrogens with zero attached hydrogens (tertiary/aromatic N) is 2. The topological polar surface area (TPSA) is 91.4 Å². The average Bonchev–Trinajstić information content (AvgIpc) is 2.95. The Morgan fingerprint density at radius 3 is 2.35 bits per heavy atom. The SMILES string of the molecule is COc1ccc(S(=O)(=O)n2cc([N+](=O)[O-])c3ccccc32)cc1. The van der Waals surface area contributed by atoms with Crippen molar-refractivity contribution in [2.75, 3.05) is 7.11 Å². The molecule has 23 heavy (non-hydrogen) atoms.